The standard InChI is InChI=1S/C11H13N5O4S/c1-6-3-7(14-11(17)8-5-13-16-15-8)10(20-2)9(4-6)21(12,18)19/h3-5H,1-2H3,(H,14,17)(H2,12,18,19)(H,13,15,16). The Kier molecular flexibility index (Phi) is 3.91. The second-order valence-corrected chi connectivity index (χ2v) is 5.73. The van der Waals surface area contributed by atoms with Crippen LogP contribution >= 0.6 is 0 Å². The lowest BCUT2D eigenvalue weighted by molar-refractivity contribution is 0.102. The fourth-order valence-corrected chi connectivity index (χ4v) is 2.55. The number of ether oxygens (including phenoxy) is 1. The number of nitrogens with zero attached hydrogens (tertiary/aromatic N) is 2. The van der Waals surface area contributed by atoms with Crippen molar-refractivity contribution in [2.45, 2.75) is 11.8 Å². The normalized spacial score (nSPS) is 11.2. The van der Waals surface area contributed by atoms with Crippen LogP contribution in [0.25, 0.3) is 0 Å². The number of nitrogens with two attached hydrogens (primary N) is 1. The lowest BCUT2D eigenvalue weighted by atomic mass is 10.2. The van der Waals surface area contributed by atoms with Gasteiger partial charge in [0.05, 0.1) is 19.0 Å². The summed E-state index contributed by atoms with van der Waals surface area (Å²) < 4.78 is 28.2. The maximum atomic E-state index is 11.9. The van der Waals surface area contributed by atoms with E-state index in [1.807, 2.05) is 0 Å². The Labute approximate surface area is 120 Å². The van der Waals surface area contributed by atoms with E-state index in [1.165, 1.54) is 19.4 Å². The fourth-order valence-electron chi connectivity index (χ4n) is 1.75. The number of carbonyl (C=O) groups is 1. The minimum absolute atomic E-state index is 0.0417. The van der Waals surface area contributed by atoms with Gasteiger partial charge in [-0.3, -0.25) is 4.79 Å². The van der Waals surface area contributed by atoms with Crippen molar-refractivity contribution in [2.75, 3.05) is 12.4 Å². The number of nitrogens with one attached hydrogen (secondary N) is 2. The molecule has 1 heterocycles. The van der Waals surface area contributed by atoms with Crippen molar-refractivity contribution in [3.8, 4) is 5.75 Å². The maximum absolute atomic E-state index is 11.9. The van der Waals surface area contributed by atoms with Crippen LogP contribution < -0.4 is 15.2 Å². The van der Waals surface area contributed by atoms with E-state index in [9.17, 15) is 13.2 Å². The molecule has 21 heavy (non-hydrogen) atoms. The third-order valence-electron chi connectivity index (χ3n) is 2.61. The first-order valence-electron chi connectivity index (χ1n) is 5.71. The molecule has 0 aliphatic carbocycles. The molecule has 0 spiro atoms. The molecule has 0 fully saturated rings. The van der Waals surface area contributed by atoms with Crippen LogP contribution in [0.5, 0.6) is 5.75 Å². The van der Waals surface area contributed by atoms with Gasteiger partial charge in [0, 0.05) is 0 Å². The van der Waals surface area contributed by atoms with E-state index in [2.05, 4.69) is 20.7 Å². The molecule has 4 N–H and O–H groups in total. The number of H-pyrrole nitrogens is 1. The Morgan fingerprint density at radius 2 is 2.14 bits per heavy atom. The molecule has 1 aromatic carbocycles. The molecule has 0 aliphatic heterocycles. The van der Waals surface area contributed by atoms with Gasteiger partial charge in [0.2, 0.25) is 10.0 Å². The zero-order chi connectivity index (χ0) is 15.6. The van der Waals surface area contributed by atoms with Crippen molar-refractivity contribution >= 4 is 21.6 Å². The van der Waals surface area contributed by atoms with Gasteiger partial charge in [-0.15, -0.1) is 0 Å². The molecule has 0 radical (unpaired) electrons. The largest absolute Gasteiger partial charge is 0.493 e. The number of primary sulfonamides is 1. The highest BCUT2D eigenvalue weighted by Crippen LogP contribution is 2.33. The SMILES string of the molecule is COc1c(NC(=O)c2cn[nH]n2)cc(C)cc1S(N)(=O)=O. The first kappa shape index (κ1) is 14.9. The van der Waals surface area contributed by atoms with Crippen LogP contribution in [0, 0.1) is 6.92 Å². The van der Waals surface area contributed by atoms with E-state index in [1.54, 1.807) is 13.0 Å². The van der Waals surface area contributed by atoms with Crippen LogP contribution in [0.2, 0.25) is 0 Å². The lowest BCUT2D eigenvalue weighted by Gasteiger charge is -2.14. The summed E-state index contributed by atoms with van der Waals surface area (Å²) in [6, 6.07) is 2.92. The van der Waals surface area contributed by atoms with Crippen molar-refractivity contribution in [1.29, 1.82) is 0 Å². The van der Waals surface area contributed by atoms with Crippen LogP contribution in [0.15, 0.2) is 23.2 Å². The molecule has 1 amide bonds. The van der Waals surface area contributed by atoms with E-state index in [4.69, 9.17) is 9.88 Å². The molecule has 0 atom stereocenters. The van der Waals surface area contributed by atoms with E-state index >= 15 is 0 Å². The molecule has 0 bridgehead atoms. The quantitative estimate of drug-likeness (QED) is 0.727. The number of aromatic amines is 1. The van der Waals surface area contributed by atoms with Crippen molar-refractivity contribution in [2.24, 2.45) is 5.14 Å². The van der Waals surface area contributed by atoms with Gasteiger partial charge in [-0.05, 0) is 24.6 Å². The minimum atomic E-state index is -3.99. The number of sulfonamides is 1. The fraction of sp³-hybridized carbons (Fsp3) is 0.182. The van der Waals surface area contributed by atoms with Gasteiger partial charge in [-0.2, -0.15) is 15.4 Å². The number of rotatable bonds is 4. The Morgan fingerprint density at radius 1 is 1.43 bits per heavy atom. The second kappa shape index (κ2) is 5.50. The monoisotopic (exact) mass is 311 g/mol. The van der Waals surface area contributed by atoms with Gasteiger partial charge in [0.1, 0.15) is 4.90 Å². The molecule has 9 nitrogen and oxygen atoms in total. The number of anilines is 1. The zero-order valence-electron chi connectivity index (χ0n) is 11.2. The molecular formula is C11H13N5O4S. The van der Waals surface area contributed by atoms with Gasteiger partial charge >= 0.3 is 0 Å². The number of hydrogen-bond donors (Lipinski definition) is 3. The summed E-state index contributed by atoms with van der Waals surface area (Å²) in [5.41, 5.74) is 0.820. The highest BCUT2D eigenvalue weighted by atomic mass is 32.2. The van der Waals surface area contributed by atoms with Crippen molar-refractivity contribution in [3.05, 3.63) is 29.6 Å². The number of carbonyl (C=O) groups excluding carboxylic acids is 1. The molecule has 1 aromatic heterocycles. The first-order valence-corrected chi connectivity index (χ1v) is 7.26. The molecule has 112 valence electrons. The third-order valence-corrected chi connectivity index (χ3v) is 3.52. The predicted molar refractivity (Wildman–Crippen MR) is 73.4 cm³/mol. The summed E-state index contributed by atoms with van der Waals surface area (Å²) in [6.07, 6.45) is 1.23. The van der Waals surface area contributed by atoms with Gasteiger partial charge in [-0.25, -0.2) is 13.6 Å². The van der Waals surface area contributed by atoms with Crippen LogP contribution in [0.4, 0.5) is 5.69 Å². The molecule has 10 heteroatoms. The van der Waals surface area contributed by atoms with E-state index in [0.717, 1.165) is 0 Å². The van der Waals surface area contributed by atoms with Crippen molar-refractivity contribution < 1.29 is 17.9 Å². The molecular weight excluding hydrogens is 298 g/mol. The summed E-state index contributed by atoms with van der Waals surface area (Å²) in [6.45, 7) is 1.67. The third kappa shape index (κ3) is 3.17. The van der Waals surface area contributed by atoms with Crippen molar-refractivity contribution in [1.82, 2.24) is 15.4 Å². The number of amides is 1. The Morgan fingerprint density at radius 3 is 2.67 bits per heavy atom. The summed E-state index contributed by atoms with van der Waals surface area (Å²) in [5, 5.41) is 17.1. The predicted octanol–water partition coefficient (Wildman–Crippen LogP) is 0.0214. The highest BCUT2D eigenvalue weighted by molar-refractivity contribution is 7.89. The number of benzene rings is 1. The topological polar surface area (TPSA) is 140 Å². The average Bonchev–Trinajstić information content (AvgIpc) is 2.91. The van der Waals surface area contributed by atoms with Gasteiger partial charge in [0.25, 0.3) is 5.91 Å². The number of aryl methyl sites for hydroxylation is 1. The van der Waals surface area contributed by atoms with Crippen LogP contribution in [0.3, 0.4) is 0 Å². The molecule has 0 saturated heterocycles. The summed E-state index contributed by atoms with van der Waals surface area (Å²) in [4.78, 5) is 11.7. The second-order valence-electron chi connectivity index (χ2n) is 4.20. The van der Waals surface area contributed by atoms with Gasteiger partial charge in [-0.1, -0.05) is 0 Å². The Bertz CT molecular complexity index is 770. The summed E-state index contributed by atoms with van der Waals surface area (Å²) in [7, 11) is -2.71. The molecule has 0 aliphatic rings. The van der Waals surface area contributed by atoms with Gasteiger partial charge < -0.3 is 10.1 Å². The molecule has 0 saturated carbocycles. The van der Waals surface area contributed by atoms with E-state index in [-0.39, 0.29) is 22.0 Å². The summed E-state index contributed by atoms with van der Waals surface area (Å²) >= 11 is 0. The van der Waals surface area contributed by atoms with Crippen molar-refractivity contribution in [3.63, 3.8) is 0 Å². The smallest absolute Gasteiger partial charge is 0.277 e. The molecule has 0 unspecified atom stereocenters. The van der Waals surface area contributed by atoms with Gasteiger partial charge in [0.15, 0.2) is 11.4 Å². The molecule has 2 rings (SSSR count). The van der Waals surface area contributed by atoms with E-state index < -0.39 is 15.9 Å². The minimum Gasteiger partial charge on any atom is -0.493 e. The zero-order valence-corrected chi connectivity index (χ0v) is 12.1. The maximum Gasteiger partial charge on any atom is 0.277 e. The highest BCUT2D eigenvalue weighted by Gasteiger charge is 2.21. The lowest BCUT2D eigenvalue weighted by Crippen LogP contribution is -2.17. The molecule has 2 aromatic rings. The number of aromatic nitrogens is 3. The average molecular weight is 311 g/mol. The van der Waals surface area contributed by atoms with Crippen LogP contribution in [-0.4, -0.2) is 36.8 Å². The number of methoxy groups -OCH3 is 1. The summed E-state index contributed by atoms with van der Waals surface area (Å²) in [5.74, 6) is -0.604. The first-order chi connectivity index (χ1) is 9.82. The van der Waals surface area contributed by atoms with E-state index in [0.29, 0.717) is 5.56 Å². The van der Waals surface area contributed by atoms with Crippen LogP contribution in [-0.2, 0) is 10.0 Å². The Hall–Kier alpha value is -2.46. The van der Waals surface area contributed by atoms with Crippen LogP contribution in [0.1, 0.15) is 16.1 Å². The number of hydrogen-bond acceptors (Lipinski definition) is 6. The Balaban J connectivity index is 2.49.